The first-order valence-corrected chi connectivity index (χ1v) is 11.7. The molecule has 2 aliphatic rings. The van der Waals surface area contributed by atoms with Gasteiger partial charge < -0.3 is 15.0 Å². The Balaban J connectivity index is 1.56. The molecule has 0 radical (unpaired) electrons. The topological polar surface area (TPSA) is 117 Å². The van der Waals surface area contributed by atoms with Crippen molar-refractivity contribution in [3.63, 3.8) is 0 Å². The van der Waals surface area contributed by atoms with Gasteiger partial charge in [-0.3, -0.25) is 14.9 Å². The maximum atomic E-state index is 12.6. The highest BCUT2D eigenvalue weighted by Crippen LogP contribution is 2.37. The Hall–Kier alpha value is -2.53. The van der Waals surface area contributed by atoms with Crippen LogP contribution in [0.25, 0.3) is 0 Å². The summed E-state index contributed by atoms with van der Waals surface area (Å²) in [5, 5.41) is 10.1. The Morgan fingerprint density at radius 2 is 2.10 bits per heavy atom. The largest absolute Gasteiger partial charge is 0.497 e. The zero-order valence-corrected chi connectivity index (χ0v) is 17.6. The molecule has 1 aromatic heterocycles. The van der Waals surface area contributed by atoms with Gasteiger partial charge in [-0.1, -0.05) is 11.8 Å². The minimum absolute atomic E-state index is 0.0241. The predicted molar refractivity (Wildman–Crippen MR) is 114 cm³/mol. The number of methoxy groups -OCH3 is 1. The normalized spacial score (nSPS) is 22.1. The number of nitrogens with one attached hydrogen (secondary N) is 2. The van der Waals surface area contributed by atoms with E-state index in [1.54, 1.807) is 18.1 Å². The molecule has 2 aromatic rings. The van der Waals surface area contributed by atoms with Crippen LogP contribution in [0.15, 0.2) is 35.3 Å². The predicted octanol–water partition coefficient (Wildman–Crippen LogP) is 1.44. The number of nitrogens with zero attached hydrogens (tertiary/aromatic N) is 3. The average molecular weight is 436 g/mol. The first-order valence-electron chi connectivity index (χ1n) is 9.01. The third kappa shape index (κ3) is 4.40. The van der Waals surface area contributed by atoms with Crippen LogP contribution in [0.5, 0.6) is 5.75 Å². The van der Waals surface area contributed by atoms with Gasteiger partial charge in [-0.25, -0.2) is 8.42 Å². The molecule has 0 spiro atoms. The van der Waals surface area contributed by atoms with Crippen LogP contribution in [-0.2, 0) is 14.6 Å². The molecule has 2 N–H and O–H groups in total. The molecule has 0 aliphatic carbocycles. The van der Waals surface area contributed by atoms with Gasteiger partial charge in [-0.15, -0.1) is 0 Å². The fourth-order valence-electron chi connectivity index (χ4n) is 3.31. The molecule has 0 bridgehead atoms. The number of fused-ring (bicyclic) bond motifs is 1. The number of carbonyl (C=O) groups excluding carboxylic acids is 1. The number of aryl methyl sites for hydroxylation is 1. The maximum absolute atomic E-state index is 12.6. The number of thioether (sulfide) groups is 1. The number of carbonyl (C=O) groups is 1. The molecule has 1 fully saturated rings. The summed E-state index contributed by atoms with van der Waals surface area (Å²) in [5.41, 5.74) is 1.62. The molecule has 2 unspecified atom stereocenters. The number of rotatable bonds is 5. The van der Waals surface area contributed by atoms with Crippen LogP contribution in [0.2, 0.25) is 0 Å². The Morgan fingerprint density at radius 3 is 2.72 bits per heavy atom. The van der Waals surface area contributed by atoms with Crippen molar-refractivity contribution in [2.24, 2.45) is 4.99 Å². The number of H-pyrrole nitrogens is 1. The van der Waals surface area contributed by atoms with Crippen molar-refractivity contribution >= 4 is 44.2 Å². The van der Waals surface area contributed by atoms with Crippen molar-refractivity contribution in [3.8, 4) is 5.75 Å². The van der Waals surface area contributed by atoms with Gasteiger partial charge in [0.05, 0.1) is 24.7 Å². The zero-order chi connectivity index (χ0) is 20.6. The number of hydrogen-bond donors (Lipinski definition) is 2. The first-order chi connectivity index (χ1) is 13.8. The van der Waals surface area contributed by atoms with Crippen LogP contribution in [0, 0.1) is 6.92 Å². The molecule has 2 atom stereocenters. The lowest BCUT2D eigenvalue weighted by Crippen LogP contribution is -2.36. The number of sulfone groups is 1. The number of aromatic nitrogens is 2. The summed E-state index contributed by atoms with van der Waals surface area (Å²) < 4.78 is 28.9. The standard InChI is InChI=1S/C18H21N5O4S2/c1-11-7-16(22-21-11)20-17(24)8-23(12-3-5-13(27-2)6-4-12)18-19-14-9-29(25,26)10-15(14)28-18/h3-7,14-15H,8-10H2,1-2H3,(H2,20,21,22,24). The van der Waals surface area contributed by atoms with E-state index in [4.69, 9.17) is 4.74 Å². The van der Waals surface area contributed by atoms with Crippen molar-refractivity contribution in [1.82, 2.24) is 10.2 Å². The number of amidine groups is 1. The van der Waals surface area contributed by atoms with Crippen LogP contribution in [0.3, 0.4) is 0 Å². The molecule has 2 aliphatic heterocycles. The zero-order valence-electron chi connectivity index (χ0n) is 16.0. The van der Waals surface area contributed by atoms with Gasteiger partial charge in [-0.05, 0) is 31.2 Å². The molecular formula is C18H21N5O4S2. The minimum Gasteiger partial charge on any atom is -0.497 e. The molecule has 11 heteroatoms. The van der Waals surface area contributed by atoms with Gasteiger partial charge >= 0.3 is 0 Å². The van der Waals surface area contributed by atoms with Crippen LogP contribution in [-0.4, -0.2) is 66.1 Å². The number of amides is 1. The highest BCUT2D eigenvalue weighted by Gasteiger charge is 2.44. The molecule has 1 aromatic carbocycles. The lowest BCUT2D eigenvalue weighted by Gasteiger charge is -2.24. The summed E-state index contributed by atoms with van der Waals surface area (Å²) in [6.07, 6.45) is 0. The summed E-state index contributed by atoms with van der Waals surface area (Å²) in [4.78, 5) is 19.1. The number of anilines is 2. The third-order valence-corrected chi connectivity index (χ3v) is 7.94. The van der Waals surface area contributed by atoms with E-state index in [1.807, 2.05) is 31.2 Å². The van der Waals surface area contributed by atoms with Gasteiger partial charge in [-0.2, -0.15) is 5.10 Å². The quantitative estimate of drug-likeness (QED) is 0.730. The summed E-state index contributed by atoms with van der Waals surface area (Å²) in [6.45, 7) is 1.87. The van der Waals surface area contributed by atoms with E-state index >= 15 is 0 Å². The van der Waals surface area contributed by atoms with E-state index in [-0.39, 0.29) is 35.2 Å². The van der Waals surface area contributed by atoms with Crippen molar-refractivity contribution in [2.45, 2.75) is 18.2 Å². The fourth-order valence-corrected chi connectivity index (χ4v) is 7.09. The summed E-state index contributed by atoms with van der Waals surface area (Å²) in [5.74, 6) is 1.08. The molecule has 4 rings (SSSR count). The van der Waals surface area contributed by atoms with Crippen LogP contribution in [0.1, 0.15) is 5.69 Å². The number of aromatic amines is 1. The Morgan fingerprint density at radius 1 is 1.34 bits per heavy atom. The molecular weight excluding hydrogens is 414 g/mol. The van der Waals surface area contributed by atoms with Gasteiger partial charge in [0.2, 0.25) is 5.91 Å². The molecule has 154 valence electrons. The smallest absolute Gasteiger partial charge is 0.245 e. The fraction of sp³-hybridized carbons (Fsp3) is 0.389. The molecule has 3 heterocycles. The second kappa shape index (κ2) is 7.71. The second-order valence-electron chi connectivity index (χ2n) is 6.98. The van der Waals surface area contributed by atoms with Gasteiger partial charge in [0.15, 0.2) is 20.8 Å². The number of aliphatic imine (C=N–C) groups is 1. The summed E-state index contributed by atoms with van der Waals surface area (Å²) in [7, 11) is -1.46. The van der Waals surface area contributed by atoms with E-state index in [0.717, 1.165) is 11.4 Å². The van der Waals surface area contributed by atoms with E-state index in [2.05, 4.69) is 20.5 Å². The minimum atomic E-state index is -3.04. The van der Waals surface area contributed by atoms with Crippen LogP contribution in [0.4, 0.5) is 11.5 Å². The summed E-state index contributed by atoms with van der Waals surface area (Å²) >= 11 is 1.41. The van der Waals surface area contributed by atoms with Gasteiger partial charge in [0, 0.05) is 22.7 Å². The Labute approximate surface area is 172 Å². The molecule has 1 saturated heterocycles. The van der Waals surface area contributed by atoms with Crippen LogP contribution < -0.4 is 15.0 Å². The Bertz CT molecular complexity index is 1050. The van der Waals surface area contributed by atoms with Crippen molar-refractivity contribution in [3.05, 3.63) is 36.0 Å². The van der Waals surface area contributed by atoms with Crippen molar-refractivity contribution in [1.29, 1.82) is 0 Å². The SMILES string of the molecule is COc1ccc(N(CC(=O)Nc2cc(C)[nH]n2)C2=NC3CS(=O)(=O)CC3S2)cc1. The van der Waals surface area contributed by atoms with Gasteiger partial charge in [0.25, 0.3) is 0 Å². The third-order valence-electron chi connectivity index (χ3n) is 4.70. The van der Waals surface area contributed by atoms with Crippen molar-refractivity contribution in [2.75, 3.05) is 35.4 Å². The first kappa shape index (κ1) is 19.8. The average Bonchev–Trinajstić information content (AvgIpc) is 3.32. The monoisotopic (exact) mass is 435 g/mol. The number of benzene rings is 1. The van der Waals surface area contributed by atoms with E-state index in [9.17, 15) is 13.2 Å². The lowest BCUT2D eigenvalue weighted by atomic mass is 10.2. The van der Waals surface area contributed by atoms with E-state index in [1.165, 1.54) is 11.8 Å². The highest BCUT2D eigenvalue weighted by molar-refractivity contribution is 8.15. The highest BCUT2D eigenvalue weighted by atomic mass is 32.2. The number of ether oxygens (including phenoxy) is 1. The molecule has 9 nitrogen and oxygen atoms in total. The van der Waals surface area contributed by atoms with Gasteiger partial charge in [0.1, 0.15) is 12.3 Å². The summed E-state index contributed by atoms with van der Waals surface area (Å²) in [6, 6.07) is 8.79. The van der Waals surface area contributed by atoms with Crippen LogP contribution >= 0.6 is 11.8 Å². The van der Waals surface area contributed by atoms with E-state index < -0.39 is 9.84 Å². The maximum Gasteiger partial charge on any atom is 0.245 e. The molecule has 1 amide bonds. The second-order valence-corrected chi connectivity index (χ2v) is 10.3. The molecule has 0 saturated carbocycles. The number of hydrogen-bond acceptors (Lipinski definition) is 8. The lowest BCUT2D eigenvalue weighted by molar-refractivity contribution is -0.114. The van der Waals surface area contributed by atoms with E-state index in [0.29, 0.717) is 16.7 Å². The molecule has 29 heavy (non-hydrogen) atoms. The van der Waals surface area contributed by atoms with Crippen molar-refractivity contribution < 1.29 is 17.9 Å². The Kier molecular flexibility index (Phi) is 5.26.